The molecule has 0 radical (unpaired) electrons. The molecule has 11 atom stereocenters. The molecule has 5 rings (SSSR count). The third kappa shape index (κ3) is 7.13. The van der Waals surface area contributed by atoms with E-state index < -0.39 is 58.1 Å². The van der Waals surface area contributed by atoms with Crippen molar-refractivity contribution in [1.29, 1.82) is 0 Å². The van der Waals surface area contributed by atoms with Gasteiger partial charge in [0.05, 0.1) is 41.7 Å². The Morgan fingerprint density at radius 1 is 1.04 bits per heavy atom. The number of aliphatic hydroxyl groups excluding tert-OH is 1. The third-order valence-electron chi connectivity index (χ3n) is 13.1. The Morgan fingerprint density at radius 2 is 1.76 bits per heavy atom. The largest absolute Gasteiger partial charge is 0.488 e. The Bertz CT molecular complexity index is 1390. The van der Waals surface area contributed by atoms with Gasteiger partial charge in [0.2, 0.25) is 0 Å². The van der Waals surface area contributed by atoms with Gasteiger partial charge in [0.25, 0.3) is 0 Å². The van der Waals surface area contributed by atoms with Crippen LogP contribution in [0.25, 0.3) is 0 Å². The fourth-order valence-electron chi connectivity index (χ4n) is 9.65. The monoisotopic (exact) mass is 682 g/mol. The number of Topliss-reactive ketones (excluding diaryl/α,β-unsaturated/α-hetero) is 2. The normalized spacial score (nSPS) is 47.0. The number of hydrogen-bond acceptors (Lipinski definition) is 8. The summed E-state index contributed by atoms with van der Waals surface area (Å²) in [4.78, 5) is 42.9. The van der Waals surface area contributed by atoms with Gasteiger partial charge in [-0.15, -0.1) is 0 Å². The predicted octanol–water partition coefficient (Wildman–Crippen LogP) is 7.21. The minimum Gasteiger partial charge on any atom is -0.488 e. The number of carbonyl (C=O) groups is 3. The van der Waals surface area contributed by atoms with Gasteiger partial charge in [0.1, 0.15) is 17.2 Å². The lowest BCUT2D eigenvalue weighted by atomic mass is 9.52. The summed E-state index contributed by atoms with van der Waals surface area (Å²) < 4.78 is 19.1. The Morgan fingerprint density at radius 3 is 2.43 bits per heavy atom. The second-order valence-electron chi connectivity index (χ2n) is 17.4. The van der Waals surface area contributed by atoms with Gasteiger partial charge in [0, 0.05) is 42.9 Å². The van der Waals surface area contributed by atoms with Crippen LogP contribution in [-0.2, 0) is 28.6 Å². The molecule has 5 aliphatic rings. The lowest BCUT2D eigenvalue weighted by Gasteiger charge is -2.48. The molecule has 0 aromatic heterocycles. The Hall–Kier alpha value is -2.29. The van der Waals surface area contributed by atoms with Crippen molar-refractivity contribution in [3.8, 4) is 0 Å². The molecular weight excluding hydrogens is 620 g/mol. The fraction of sp³-hybridized carbons (Fsp3) is 0.780. The Labute approximate surface area is 294 Å². The molecule has 3 heterocycles. The maximum Gasteiger partial charge on any atom is 0.313 e. The van der Waals surface area contributed by atoms with Gasteiger partial charge in [-0.25, -0.2) is 0 Å². The first-order valence-electron chi connectivity index (χ1n) is 18.9. The number of fused-ring (bicyclic) bond motifs is 6. The molecular formula is C41H62O8. The second kappa shape index (κ2) is 14.0. The van der Waals surface area contributed by atoms with Crippen LogP contribution in [0.1, 0.15) is 126 Å². The van der Waals surface area contributed by atoms with Crippen LogP contribution < -0.4 is 0 Å². The van der Waals surface area contributed by atoms with E-state index in [2.05, 4.69) is 26.0 Å². The van der Waals surface area contributed by atoms with Gasteiger partial charge in [-0.1, -0.05) is 51.8 Å². The van der Waals surface area contributed by atoms with Gasteiger partial charge in [-0.05, 0) is 96.1 Å². The number of ether oxygens (including phenoxy) is 3. The number of esters is 1. The quantitative estimate of drug-likeness (QED) is 0.232. The second-order valence-corrected chi connectivity index (χ2v) is 17.4. The van der Waals surface area contributed by atoms with E-state index in [4.69, 9.17) is 14.2 Å². The van der Waals surface area contributed by atoms with Crippen LogP contribution in [-0.4, -0.2) is 63.9 Å². The van der Waals surface area contributed by atoms with Crippen molar-refractivity contribution < 1.29 is 38.8 Å². The molecule has 8 heteroatoms. The van der Waals surface area contributed by atoms with Crippen molar-refractivity contribution >= 4 is 17.5 Å². The highest BCUT2D eigenvalue weighted by Crippen LogP contribution is 2.64. The average Bonchev–Trinajstić information content (AvgIpc) is 3.58. The van der Waals surface area contributed by atoms with Crippen molar-refractivity contribution in [2.75, 3.05) is 7.11 Å². The van der Waals surface area contributed by atoms with E-state index in [1.807, 2.05) is 40.7 Å². The molecule has 2 saturated heterocycles. The van der Waals surface area contributed by atoms with Crippen molar-refractivity contribution in [3.05, 3.63) is 35.1 Å². The first-order valence-corrected chi connectivity index (χ1v) is 18.9. The smallest absolute Gasteiger partial charge is 0.313 e. The van der Waals surface area contributed by atoms with E-state index in [1.165, 1.54) is 7.11 Å². The number of allylic oxidation sites excluding steroid dienone is 4. The van der Waals surface area contributed by atoms with Crippen LogP contribution in [0.3, 0.4) is 0 Å². The molecule has 274 valence electrons. The number of ketones is 2. The average molecular weight is 683 g/mol. The van der Waals surface area contributed by atoms with E-state index in [0.717, 1.165) is 36.2 Å². The summed E-state index contributed by atoms with van der Waals surface area (Å²) in [5, 5.41) is 23.3. The molecule has 0 amide bonds. The van der Waals surface area contributed by atoms with Crippen LogP contribution in [0.2, 0.25) is 0 Å². The standard InChI is InChI=1S/C41H62O8/c1-24(2)28-21-32(42)27(5)12-10-11-25(3)20-34-31-22-40(8,48-34)29-15-17-38(6,46)36-16-18-39(7,49-36)35(44)14-13-26(4)19-30(29)41(31,23-33(28)43)37(45)47-9/h15,19-20,24-25,27-28,30-31,35-36,44,46H,10-14,16-18,21-23H2,1-9H3/b26-19+,29-15-,34-20-/t25-,27+,28-,30-,31+,35-,36-,38+,39-,40+,41+/m1/s1. The fourth-order valence-corrected chi connectivity index (χ4v) is 9.65. The third-order valence-corrected chi connectivity index (χ3v) is 13.1. The highest BCUT2D eigenvalue weighted by atomic mass is 16.5. The maximum absolute atomic E-state index is 14.7. The number of rotatable bonds is 2. The topological polar surface area (TPSA) is 119 Å². The van der Waals surface area contributed by atoms with Crippen LogP contribution in [0, 0.1) is 40.9 Å². The first kappa shape index (κ1) is 38.0. The minimum atomic E-state index is -1.33. The van der Waals surface area contributed by atoms with Crippen LogP contribution in [0.5, 0.6) is 0 Å². The summed E-state index contributed by atoms with van der Waals surface area (Å²) in [5.41, 5.74) is -2.29. The molecule has 8 nitrogen and oxygen atoms in total. The highest BCUT2D eigenvalue weighted by molar-refractivity contribution is 5.93. The van der Waals surface area contributed by atoms with Crippen LogP contribution in [0.15, 0.2) is 35.1 Å². The maximum atomic E-state index is 14.7. The lowest BCUT2D eigenvalue weighted by molar-refractivity contribution is -0.162. The van der Waals surface area contributed by atoms with Crippen molar-refractivity contribution in [1.82, 2.24) is 0 Å². The molecule has 2 N–H and O–H groups in total. The number of hydrogen-bond donors (Lipinski definition) is 2. The molecule has 0 spiro atoms. The van der Waals surface area contributed by atoms with Crippen molar-refractivity contribution in [3.63, 3.8) is 0 Å². The van der Waals surface area contributed by atoms with Crippen molar-refractivity contribution in [2.45, 2.75) is 155 Å². The Balaban J connectivity index is 1.75. The molecule has 3 aliphatic heterocycles. The molecule has 0 aromatic rings. The summed E-state index contributed by atoms with van der Waals surface area (Å²) in [6, 6.07) is 0. The molecule has 0 aromatic carbocycles. The first-order chi connectivity index (χ1) is 22.9. The molecule has 0 unspecified atom stereocenters. The summed E-state index contributed by atoms with van der Waals surface area (Å²) >= 11 is 0. The lowest BCUT2D eigenvalue weighted by Crippen LogP contribution is -2.54. The SMILES string of the molecule is COC(=O)[C@]12CC(=O)[C@@H](C(C)C)CC(=O)[C@@H](C)CCC[C@@H](C)/C=C3\O[C@@](C)(C[C@@H]31)/C1=C\C[C@](C)(O)[C@H]3CC[C@@](C)(O3)[C@H](O)CC/C(C)=C/[C@H]12. The van der Waals surface area contributed by atoms with E-state index in [0.29, 0.717) is 32.1 Å². The van der Waals surface area contributed by atoms with Crippen LogP contribution >= 0.6 is 0 Å². The zero-order valence-electron chi connectivity index (χ0n) is 31.5. The number of carbonyl (C=O) groups excluding carboxylic acids is 3. The van der Waals surface area contributed by atoms with Crippen LogP contribution in [0.4, 0.5) is 0 Å². The van der Waals surface area contributed by atoms with E-state index in [1.54, 1.807) is 6.92 Å². The molecule has 1 saturated carbocycles. The van der Waals surface area contributed by atoms with Gasteiger partial charge in [0.15, 0.2) is 0 Å². The van der Waals surface area contributed by atoms with Gasteiger partial charge in [-0.3, -0.25) is 14.4 Å². The molecule has 3 fully saturated rings. The minimum absolute atomic E-state index is 0.0873. The van der Waals surface area contributed by atoms with E-state index in [-0.39, 0.29) is 48.6 Å². The van der Waals surface area contributed by atoms with Gasteiger partial charge < -0.3 is 24.4 Å². The summed E-state index contributed by atoms with van der Waals surface area (Å²) in [6.45, 7) is 15.9. The molecule has 49 heavy (non-hydrogen) atoms. The molecule has 2 aliphatic carbocycles. The van der Waals surface area contributed by atoms with E-state index in [9.17, 15) is 24.6 Å². The summed E-state index contributed by atoms with van der Waals surface area (Å²) in [5.74, 6) is -1.36. The highest BCUT2D eigenvalue weighted by Gasteiger charge is 2.67. The zero-order valence-corrected chi connectivity index (χ0v) is 31.5. The van der Waals surface area contributed by atoms with E-state index >= 15 is 0 Å². The number of methoxy groups -OCH3 is 1. The predicted molar refractivity (Wildman–Crippen MR) is 188 cm³/mol. The van der Waals surface area contributed by atoms with Crippen molar-refractivity contribution in [2.24, 2.45) is 40.9 Å². The zero-order chi connectivity index (χ0) is 36.1. The molecule has 4 bridgehead atoms. The summed E-state index contributed by atoms with van der Waals surface area (Å²) in [6.07, 6.45) is 10.7. The van der Waals surface area contributed by atoms with Gasteiger partial charge in [-0.2, -0.15) is 0 Å². The summed E-state index contributed by atoms with van der Waals surface area (Å²) in [7, 11) is 1.39. The Kier molecular flexibility index (Phi) is 10.9. The van der Waals surface area contributed by atoms with Gasteiger partial charge >= 0.3 is 5.97 Å². The number of aliphatic hydroxyl groups is 2.